The highest BCUT2D eigenvalue weighted by atomic mass is 35.5. The Balaban J connectivity index is 2.41. The van der Waals surface area contributed by atoms with Crippen molar-refractivity contribution in [2.75, 3.05) is 6.54 Å². The van der Waals surface area contributed by atoms with Crippen LogP contribution in [-0.2, 0) is 0 Å². The minimum absolute atomic E-state index is 0.544. The van der Waals surface area contributed by atoms with Crippen molar-refractivity contribution in [1.29, 1.82) is 5.26 Å². The van der Waals surface area contributed by atoms with Crippen molar-refractivity contribution in [2.24, 2.45) is 4.99 Å². The summed E-state index contributed by atoms with van der Waals surface area (Å²) in [5.74, 6) is 0.692. The van der Waals surface area contributed by atoms with Gasteiger partial charge in [0.25, 0.3) is 0 Å². The van der Waals surface area contributed by atoms with Gasteiger partial charge < -0.3 is 4.90 Å². The highest BCUT2D eigenvalue weighted by Crippen LogP contribution is 2.22. The molecule has 2 heterocycles. The largest absolute Gasteiger partial charge is 0.302 e. The molecule has 0 N–H and O–H groups in total. The molecule has 0 aromatic rings. The van der Waals surface area contributed by atoms with Crippen molar-refractivity contribution >= 4 is 17.4 Å². The number of fused-ring (bicyclic) bond motifs is 1. The summed E-state index contributed by atoms with van der Waals surface area (Å²) in [5, 5.41) is 8.78. The fraction of sp³-hybridized carbons (Fsp3) is 0.111. The maximum absolute atomic E-state index is 8.78. The summed E-state index contributed by atoms with van der Waals surface area (Å²) in [5.41, 5.74) is 2.96. The lowest BCUT2D eigenvalue weighted by molar-refractivity contribution is 0.714. The second-order valence-corrected chi connectivity index (χ2v) is 2.86. The molecule has 0 amide bonds. The zero-order valence-electron chi connectivity index (χ0n) is 6.74. The van der Waals surface area contributed by atoms with Crippen LogP contribution in [0.5, 0.6) is 0 Å². The number of hydrogen-bond acceptors (Lipinski definition) is 3. The van der Waals surface area contributed by atoms with Crippen molar-refractivity contribution in [3.05, 3.63) is 35.2 Å². The van der Waals surface area contributed by atoms with E-state index in [0.29, 0.717) is 18.0 Å². The third kappa shape index (κ3) is 1.16. The van der Waals surface area contributed by atoms with Gasteiger partial charge >= 0.3 is 0 Å². The summed E-state index contributed by atoms with van der Waals surface area (Å²) in [6, 6.07) is 2.09. The summed E-state index contributed by atoms with van der Waals surface area (Å²) >= 11 is 5.61. The minimum atomic E-state index is 0.544. The Hall–Kier alpha value is -1.53. The number of nitriles is 1. The Labute approximate surface area is 80.9 Å². The van der Waals surface area contributed by atoms with Crippen molar-refractivity contribution < 1.29 is 0 Å². The second-order valence-electron chi connectivity index (χ2n) is 2.64. The van der Waals surface area contributed by atoms with Gasteiger partial charge in [-0.15, -0.1) is 0 Å². The van der Waals surface area contributed by atoms with Gasteiger partial charge in [-0.3, -0.25) is 4.99 Å². The van der Waals surface area contributed by atoms with Crippen LogP contribution in [0.15, 0.2) is 40.1 Å². The van der Waals surface area contributed by atoms with Gasteiger partial charge in [-0.1, -0.05) is 11.6 Å². The molecule has 4 heteroatoms. The number of halogens is 1. The normalized spacial score (nSPS) is 22.5. The number of amidine groups is 1. The Morgan fingerprint density at radius 1 is 1.69 bits per heavy atom. The molecule has 0 aliphatic carbocycles. The molecule has 0 aromatic carbocycles. The highest BCUT2D eigenvalue weighted by molar-refractivity contribution is 6.26. The van der Waals surface area contributed by atoms with E-state index in [9.17, 15) is 0 Å². The molecule has 0 saturated heterocycles. The number of hydrogen-bond donors (Lipinski definition) is 0. The van der Waals surface area contributed by atoms with Gasteiger partial charge in [0.1, 0.15) is 6.07 Å². The second kappa shape index (κ2) is 3.08. The van der Waals surface area contributed by atoms with E-state index < -0.39 is 0 Å². The molecule has 0 spiro atoms. The molecule has 0 radical (unpaired) electrons. The molecule has 0 unspecified atom stereocenters. The number of rotatable bonds is 0. The zero-order valence-corrected chi connectivity index (χ0v) is 7.49. The number of allylic oxidation sites excluding steroid dienone is 2. The fourth-order valence-electron chi connectivity index (χ4n) is 1.30. The van der Waals surface area contributed by atoms with Gasteiger partial charge in [0.2, 0.25) is 0 Å². The van der Waals surface area contributed by atoms with Crippen LogP contribution >= 0.6 is 11.6 Å². The van der Waals surface area contributed by atoms with Crippen LogP contribution < -0.4 is 0 Å². The predicted octanol–water partition coefficient (Wildman–Crippen LogP) is 1.76. The van der Waals surface area contributed by atoms with E-state index in [4.69, 9.17) is 16.9 Å². The lowest BCUT2D eigenvalue weighted by Crippen LogP contribution is -2.23. The Morgan fingerprint density at radius 2 is 2.54 bits per heavy atom. The average Bonchev–Trinajstić information content (AvgIpc) is 2.60. The summed E-state index contributed by atoms with van der Waals surface area (Å²) in [4.78, 5) is 6.04. The van der Waals surface area contributed by atoms with Crippen LogP contribution in [0.4, 0.5) is 0 Å². The van der Waals surface area contributed by atoms with Crippen LogP contribution in [0.3, 0.4) is 0 Å². The quantitative estimate of drug-likeness (QED) is 0.585. The Morgan fingerprint density at radius 3 is 3.23 bits per heavy atom. The molecule has 3 nitrogen and oxygen atoms in total. The first kappa shape index (κ1) is 8.09. The maximum atomic E-state index is 8.78. The van der Waals surface area contributed by atoms with E-state index in [0.717, 1.165) is 5.70 Å². The maximum Gasteiger partial charge on any atom is 0.150 e. The molecule has 0 bridgehead atoms. The van der Waals surface area contributed by atoms with Crippen LogP contribution in [-0.4, -0.2) is 17.3 Å². The molecular formula is C9H6ClN3. The molecule has 64 valence electrons. The van der Waals surface area contributed by atoms with E-state index in [-0.39, 0.29) is 0 Å². The molecule has 2 aliphatic rings. The van der Waals surface area contributed by atoms with Gasteiger partial charge in [0.05, 0.1) is 17.8 Å². The molecule has 2 rings (SSSR count). The van der Waals surface area contributed by atoms with E-state index in [1.54, 1.807) is 6.08 Å². The van der Waals surface area contributed by atoms with Crippen LogP contribution in [0.1, 0.15) is 0 Å². The van der Waals surface area contributed by atoms with Gasteiger partial charge in [-0.2, -0.15) is 5.26 Å². The van der Waals surface area contributed by atoms with Crippen molar-refractivity contribution in [3.8, 4) is 6.07 Å². The third-order valence-electron chi connectivity index (χ3n) is 1.91. The summed E-state index contributed by atoms with van der Waals surface area (Å²) < 4.78 is 0. The molecule has 0 atom stereocenters. The highest BCUT2D eigenvalue weighted by Gasteiger charge is 2.24. The predicted molar refractivity (Wildman–Crippen MR) is 50.9 cm³/mol. The SMILES string of the molecule is N#CC1=CC=CN2C1=NC/C2=C/Cl. The molecule has 0 saturated carbocycles. The van der Waals surface area contributed by atoms with Crippen LogP contribution in [0.25, 0.3) is 0 Å². The Bertz CT molecular complexity index is 396. The van der Waals surface area contributed by atoms with E-state index in [1.807, 2.05) is 17.2 Å². The van der Waals surface area contributed by atoms with E-state index >= 15 is 0 Å². The van der Waals surface area contributed by atoms with Crippen molar-refractivity contribution in [2.45, 2.75) is 0 Å². The average molecular weight is 192 g/mol. The molecule has 2 aliphatic heterocycles. The van der Waals surface area contributed by atoms with Crippen molar-refractivity contribution in [1.82, 2.24) is 4.90 Å². The fourth-order valence-corrected chi connectivity index (χ4v) is 1.47. The number of aliphatic imine (C=N–C) groups is 1. The lowest BCUT2D eigenvalue weighted by Gasteiger charge is -2.18. The first-order valence-electron chi connectivity index (χ1n) is 3.78. The lowest BCUT2D eigenvalue weighted by atomic mass is 10.2. The Kier molecular flexibility index (Phi) is 1.91. The summed E-state index contributed by atoms with van der Waals surface area (Å²) in [7, 11) is 0. The van der Waals surface area contributed by atoms with Gasteiger partial charge in [-0.25, -0.2) is 0 Å². The van der Waals surface area contributed by atoms with Crippen molar-refractivity contribution in [3.63, 3.8) is 0 Å². The molecule has 13 heavy (non-hydrogen) atoms. The van der Waals surface area contributed by atoms with E-state index in [1.165, 1.54) is 5.54 Å². The van der Waals surface area contributed by atoms with Gasteiger partial charge in [0, 0.05) is 11.7 Å². The molecular weight excluding hydrogens is 186 g/mol. The number of nitrogens with zero attached hydrogens (tertiary/aromatic N) is 3. The standard InChI is InChI=1S/C9H6ClN3/c10-4-8-6-12-9-7(5-11)2-1-3-13(8)9/h1-4H,6H2/b8-4-. The van der Waals surface area contributed by atoms with Crippen LogP contribution in [0.2, 0.25) is 0 Å². The zero-order chi connectivity index (χ0) is 9.26. The van der Waals surface area contributed by atoms with Gasteiger partial charge in [-0.05, 0) is 12.2 Å². The summed E-state index contributed by atoms with van der Waals surface area (Å²) in [6.45, 7) is 0.544. The minimum Gasteiger partial charge on any atom is -0.302 e. The topological polar surface area (TPSA) is 39.4 Å². The summed E-state index contributed by atoms with van der Waals surface area (Å²) in [6.07, 6.45) is 5.40. The molecule has 0 fully saturated rings. The smallest absolute Gasteiger partial charge is 0.150 e. The molecule has 0 aromatic heterocycles. The van der Waals surface area contributed by atoms with Gasteiger partial charge in [0.15, 0.2) is 5.84 Å². The first-order chi connectivity index (χ1) is 6.36. The van der Waals surface area contributed by atoms with E-state index in [2.05, 4.69) is 11.1 Å². The third-order valence-corrected chi connectivity index (χ3v) is 2.17. The van der Waals surface area contributed by atoms with Crippen LogP contribution in [0, 0.1) is 11.3 Å². The monoisotopic (exact) mass is 191 g/mol. The first-order valence-corrected chi connectivity index (χ1v) is 4.22.